The lowest BCUT2D eigenvalue weighted by atomic mass is 9.86. The van der Waals surface area contributed by atoms with Gasteiger partial charge in [0, 0.05) is 34.6 Å². The van der Waals surface area contributed by atoms with E-state index in [1.807, 2.05) is 0 Å². The average molecular weight is 485 g/mol. The first-order valence-electron chi connectivity index (χ1n) is 10.6. The molecule has 0 bridgehead atoms. The van der Waals surface area contributed by atoms with Crippen LogP contribution in [0.4, 0.5) is 0 Å². The smallest absolute Gasteiger partial charge is 0.303 e. The van der Waals surface area contributed by atoms with E-state index in [0.717, 1.165) is 0 Å². The van der Waals surface area contributed by atoms with Gasteiger partial charge in [0.15, 0.2) is 18.3 Å². The Morgan fingerprint density at radius 1 is 0.706 bits per heavy atom. The molecule has 0 aromatic rings. The summed E-state index contributed by atoms with van der Waals surface area (Å²) < 4.78 is 37.8. The molecule has 1 fully saturated rings. The van der Waals surface area contributed by atoms with Gasteiger partial charge in [0.25, 0.3) is 0 Å². The monoisotopic (exact) mass is 485 g/mol. The van der Waals surface area contributed by atoms with E-state index in [1.54, 1.807) is 12.2 Å². The predicted octanol–water partition coefficient (Wildman–Crippen LogP) is 0.408. The van der Waals surface area contributed by atoms with Crippen molar-refractivity contribution in [3.63, 3.8) is 0 Å². The SMILES string of the molecule is CC(=O)OC[C@H]1O[CH+][C@H]([C@@H]2C=C[C@H](OC(C)=O)[C@@H](COC(C)=O)O2)[C@@H](OC(C)=O)[C@@H]1OC(C)=O. The lowest BCUT2D eigenvalue weighted by molar-refractivity contribution is -0.217. The van der Waals surface area contributed by atoms with Crippen molar-refractivity contribution in [2.24, 2.45) is 5.92 Å². The zero-order chi connectivity index (χ0) is 25.4. The van der Waals surface area contributed by atoms with Crippen LogP contribution in [-0.4, -0.2) is 79.7 Å². The van der Waals surface area contributed by atoms with Crippen molar-refractivity contribution < 1.29 is 57.1 Å². The molecule has 34 heavy (non-hydrogen) atoms. The summed E-state index contributed by atoms with van der Waals surface area (Å²) in [4.78, 5) is 57.7. The minimum Gasteiger partial charge on any atom is -0.463 e. The van der Waals surface area contributed by atoms with E-state index in [2.05, 4.69) is 0 Å². The van der Waals surface area contributed by atoms with Crippen molar-refractivity contribution in [2.75, 3.05) is 13.2 Å². The van der Waals surface area contributed by atoms with Crippen molar-refractivity contribution in [1.82, 2.24) is 0 Å². The fraction of sp³-hybridized carbons (Fsp3) is 0.636. The number of ether oxygens (including phenoxy) is 7. The lowest BCUT2D eigenvalue weighted by Crippen LogP contribution is -2.57. The summed E-state index contributed by atoms with van der Waals surface area (Å²) in [6, 6.07) is 0. The van der Waals surface area contributed by atoms with Crippen LogP contribution in [0.15, 0.2) is 12.2 Å². The molecule has 0 N–H and O–H groups in total. The molecule has 0 saturated carbocycles. The van der Waals surface area contributed by atoms with Crippen LogP contribution in [0.1, 0.15) is 34.6 Å². The highest BCUT2D eigenvalue weighted by Gasteiger charge is 2.55. The Morgan fingerprint density at radius 2 is 1.24 bits per heavy atom. The zero-order valence-electron chi connectivity index (χ0n) is 19.6. The third-order valence-electron chi connectivity index (χ3n) is 4.86. The van der Waals surface area contributed by atoms with Crippen molar-refractivity contribution in [1.29, 1.82) is 0 Å². The van der Waals surface area contributed by atoms with Gasteiger partial charge in [-0.05, 0) is 6.08 Å². The minimum atomic E-state index is -1.12. The Hall–Kier alpha value is -3.12. The third kappa shape index (κ3) is 8.03. The Kier molecular flexibility index (Phi) is 9.87. The molecule has 2 aliphatic heterocycles. The van der Waals surface area contributed by atoms with Gasteiger partial charge >= 0.3 is 29.8 Å². The molecule has 2 rings (SSSR count). The van der Waals surface area contributed by atoms with Crippen molar-refractivity contribution in [3.05, 3.63) is 18.8 Å². The van der Waals surface area contributed by atoms with Gasteiger partial charge in [-0.3, -0.25) is 24.0 Å². The molecular weight excluding hydrogens is 456 g/mol. The molecule has 12 heteroatoms. The Morgan fingerprint density at radius 3 is 1.76 bits per heavy atom. The highest BCUT2D eigenvalue weighted by atomic mass is 16.6. The highest BCUT2D eigenvalue weighted by Crippen LogP contribution is 2.35. The summed E-state index contributed by atoms with van der Waals surface area (Å²) in [5.74, 6) is -3.77. The fourth-order valence-electron chi connectivity index (χ4n) is 3.57. The Bertz CT molecular complexity index is 806. The number of hydrogen-bond acceptors (Lipinski definition) is 12. The number of carbonyl (C=O) groups is 5. The average Bonchev–Trinajstić information content (AvgIpc) is 2.72. The molecule has 0 aromatic heterocycles. The van der Waals surface area contributed by atoms with Crippen molar-refractivity contribution in [2.45, 2.75) is 71.2 Å². The number of hydrogen-bond donors (Lipinski definition) is 0. The van der Waals surface area contributed by atoms with Gasteiger partial charge in [0.05, 0.1) is 0 Å². The molecule has 2 aliphatic rings. The molecule has 0 spiro atoms. The standard InChI is InChI=1S/C22H29O12/c1-11(23)28-9-19-18(31-13(3)25)7-6-17(34-19)16-8-30-20(10-29-12(2)24)22(33-15(5)27)21(16)32-14(4)26/h6-8,16-22H,9-10H2,1-5H3/q+1/t16-,17+,18+,19-,20-,21-,22-/m1/s1. The van der Waals surface area contributed by atoms with E-state index in [-0.39, 0.29) is 13.2 Å². The second-order valence-electron chi connectivity index (χ2n) is 7.74. The summed E-state index contributed by atoms with van der Waals surface area (Å²) in [6.45, 7) is 6.93. The maximum Gasteiger partial charge on any atom is 0.303 e. The number of carbonyl (C=O) groups excluding carboxylic acids is 5. The fourth-order valence-corrected chi connectivity index (χ4v) is 3.57. The normalized spacial score (nSPS) is 30.3. The Balaban J connectivity index is 2.31. The van der Waals surface area contributed by atoms with E-state index in [1.165, 1.54) is 41.2 Å². The molecule has 0 amide bonds. The van der Waals surface area contributed by atoms with Crippen LogP contribution >= 0.6 is 0 Å². The molecule has 12 nitrogen and oxygen atoms in total. The second-order valence-corrected chi connectivity index (χ2v) is 7.74. The van der Waals surface area contributed by atoms with E-state index in [9.17, 15) is 24.0 Å². The van der Waals surface area contributed by atoms with Crippen LogP contribution < -0.4 is 0 Å². The van der Waals surface area contributed by atoms with Crippen LogP contribution in [0, 0.1) is 12.5 Å². The maximum atomic E-state index is 11.9. The summed E-state index contributed by atoms with van der Waals surface area (Å²) >= 11 is 0. The summed E-state index contributed by atoms with van der Waals surface area (Å²) in [5, 5.41) is 0. The van der Waals surface area contributed by atoms with Gasteiger partial charge in [-0.2, -0.15) is 4.74 Å². The molecule has 7 atom stereocenters. The van der Waals surface area contributed by atoms with Gasteiger partial charge in [-0.1, -0.05) is 6.08 Å². The quantitative estimate of drug-likeness (QED) is 0.203. The third-order valence-corrected chi connectivity index (χ3v) is 4.86. The van der Waals surface area contributed by atoms with E-state index in [4.69, 9.17) is 33.2 Å². The zero-order valence-corrected chi connectivity index (χ0v) is 19.6. The highest BCUT2D eigenvalue weighted by molar-refractivity contribution is 5.68. The molecule has 0 aliphatic carbocycles. The molecule has 188 valence electrons. The topological polar surface area (TPSA) is 150 Å². The summed E-state index contributed by atoms with van der Waals surface area (Å²) in [6.07, 6.45) is -2.47. The van der Waals surface area contributed by atoms with Crippen molar-refractivity contribution >= 4 is 29.8 Å². The van der Waals surface area contributed by atoms with E-state index >= 15 is 0 Å². The van der Waals surface area contributed by atoms with E-state index < -0.39 is 72.4 Å². The van der Waals surface area contributed by atoms with Crippen LogP contribution in [0.3, 0.4) is 0 Å². The molecule has 0 radical (unpaired) electrons. The number of esters is 5. The minimum absolute atomic E-state index is 0.206. The van der Waals surface area contributed by atoms with Gasteiger partial charge in [-0.15, -0.1) is 0 Å². The van der Waals surface area contributed by atoms with Gasteiger partial charge in [-0.25, -0.2) is 0 Å². The van der Waals surface area contributed by atoms with Gasteiger partial charge in [0.1, 0.15) is 31.5 Å². The molecule has 0 unspecified atom stereocenters. The van der Waals surface area contributed by atoms with Crippen molar-refractivity contribution in [3.8, 4) is 0 Å². The van der Waals surface area contributed by atoms with Gasteiger partial charge in [0.2, 0.25) is 12.5 Å². The summed E-state index contributed by atoms with van der Waals surface area (Å²) in [7, 11) is 0. The first-order chi connectivity index (χ1) is 16.0. The second kappa shape index (κ2) is 12.4. The predicted molar refractivity (Wildman–Crippen MR) is 110 cm³/mol. The van der Waals surface area contributed by atoms with Crippen LogP contribution in [0.25, 0.3) is 0 Å². The molecule has 0 aromatic carbocycles. The lowest BCUT2D eigenvalue weighted by Gasteiger charge is -2.39. The van der Waals surface area contributed by atoms with Crippen LogP contribution in [0.2, 0.25) is 0 Å². The van der Waals surface area contributed by atoms with Crippen LogP contribution in [-0.2, 0) is 57.1 Å². The molecule has 1 saturated heterocycles. The Labute approximate surface area is 196 Å². The largest absolute Gasteiger partial charge is 0.463 e. The number of rotatable bonds is 8. The van der Waals surface area contributed by atoms with Gasteiger partial charge < -0.3 is 28.4 Å². The van der Waals surface area contributed by atoms with Crippen LogP contribution in [0.5, 0.6) is 0 Å². The van der Waals surface area contributed by atoms with E-state index in [0.29, 0.717) is 0 Å². The maximum absolute atomic E-state index is 11.9. The first kappa shape index (κ1) is 27.1. The summed E-state index contributed by atoms with van der Waals surface area (Å²) in [5.41, 5.74) is 0. The molecular formula is C22H29O12+. The first-order valence-corrected chi connectivity index (χ1v) is 10.6. The molecule has 2 heterocycles.